The lowest BCUT2D eigenvalue weighted by atomic mass is 9.78. The molecule has 1 saturated carbocycles. The summed E-state index contributed by atoms with van der Waals surface area (Å²) in [6.07, 6.45) is 19.6. The Bertz CT molecular complexity index is 1350. The van der Waals surface area contributed by atoms with Crippen LogP contribution in [0.2, 0.25) is 0 Å². The third-order valence-electron chi connectivity index (χ3n) is 9.24. The first kappa shape index (κ1) is 28.1. The number of unbranched alkanes of at least 4 members (excludes halogenated alkanes) is 1. The predicted octanol–water partition coefficient (Wildman–Crippen LogP) is 6.15. The van der Waals surface area contributed by atoms with E-state index in [0.29, 0.717) is 30.1 Å². The Kier molecular flexibility index (Phi) is 8.72. The molecule has 214 valence electrons. The molecule has 1 aliphatic carbocycles. The van der Waals surface area contributed by atoms with Crippen molar-refractivity contribution >= 4 is 0 Å². The number of H-pyrrole nitrogens is 1. The lowest BCUT2D eigenvalue weighted by Gasteiger charge is -2.34. The number of allylic oxidation sites excluding steroid dienone is 2. The van der Waals surface area contributed by atoms with E-state index in [2.05, 4.69) is 93.3 Å². The summed E-state index contributed by atoms with van der Waals surface area (Å²) in [6, 6.07) is 8.52. The van der Waals surface area contributed by atoms with E-state index in [1.165, 1.54) is 25.7 Å². The molecule has 1 aliphatic heterocycles. The zero-order valence-electron chi connectivity index (χ0n) is 24.5. The van der Waals surface area contributed by atoms with Gasteiger partial charge in [0.25, 0.3) is 0 Å². The molecule has 2 N–H and O–H groups in total. The minimum atomic E-state index is -0.493. The maximum atomic E-state index is 14.5. The van der Waals surface area contributed by atoms with Crippen molar-refractivity contribution in [3.05, 3.63) is 76.8 Å². The number of hydrogen-bond donors (Lipinski definition) is 2. The fourth-order valence-corrected chi connectivity index (χ4v) is 6.96. The molecule has 0 amide bonds. The standard InChI is InChI=1S/C32H45N7O/c1-5-7-14-27-21-38(29-24(6-2)11-8-9-15-28(29)23(3)4)31(40)39(27)22-32(16-18-33-19-17-32)26-13-10-12-25(20-26)30-34-36-37-35-30/h10,12-13,16-21,23-24,28-29,33H,5-9,11,14-15,22H2,1-4H3,(H,34,35,36,37). The molecule has 3 unspecified atom stereocenters. The van der Waals surface area contributed by atoms with Gasteiger partial charge in [-0.1, -0.05) is 83.7 Å². The molecule has 40 heavy (non-hydrogen) atoms. The van der Waals surface area contributed by atoms with Gasteiger partial charge in [0.2, 0.25) is 5.82 Å². The number of nitrogens with one attached hydrogen (secondary N) is 2. The number of dihydropyridines is 1. The van der Waals surface area contributed by atoms with E-state index in [-0.39, 0.29) is 11.7 Å². The summed E-state index contributed by atoms with van der Waals surface area (Å²) < 4.78 is 4.23. The third kappa shape index (κ3) is 5.58. The Balaban J connectivity index is 1.61. The summed E-state index contributed by atoms with van der Waals surface area (Å²) in [5.41, 5.74) is 2.77. The molecule has 2 aromatic heterocycles. The van der Waals surface area contributed by atoms with Crippen LogP contribution in [0.25, 0.3) is 11.4 Å². The van der Waals surface area contributed by atoms with Crippen LogP contribution in [0.15, 0.2) is 59.8 Å². The van der Waals surface area contributed by atoms with Gasteiger partial charge in [-0.15, -0.1) is 10.2 Å². The van der Waals surface area contributed by atoms with Crippen molar-refractivity contribution in [2.75, 3.05) is 0 Å². The summed E-state index contributed by atoms with van der Waals surface area (Å²) in [5, 5.41) is 17.9. The van der Waals surface area contributed by atoms with Crippen LogP contribution in [0.1, 0.15) is 89.9 Å². The normalized spacial score (nSPS) is 22.4. The highest BCUT2D eigenvalue weighted by atomic mass is 16.1. The summed E-state index contributed by atoms with van der Waals surface area (Å²) in [4.78, 5) is 14.5. The van der Waals surface area contributed by atoms with Crippen LogP contribution in [0.3, 0.4) is 0 Å². The van der Waals surface area contributed by atoms with Crippen LogP contribution >= 0.6 is 0 Å². The van der Waals surface area contributed by atoms with E-state index in [4.69, 9.17) is 0 Å². The molecule has 0 bridgehead atoms. The molecule has 8 nitrogen and oxygen atoms in total. The van der Waals surface area contributed by atoms with Gasteiger partial charge in [-0.3, -0.25) is 9.13 Å². The van der Waals surface area contributed by atoms with Crippen LogP contribution in [-0.2, 0) is 18.4 Å². The van der Waals surface area contributed by atoms with Gasteiger partial charge in [0.05, 0.1) is 5.41 Å². The van der Waals surface area contributed by atoms with Crippen molar-refractivity contribution < 1.29 is 0 Å². The Morgan fingerprint density at radius 2 is 1.93 bits per heavy atom. The van der Waals surface area contributed by atoms with Crippen molar-refractivity contribution in [3.8, 4) is 11.4 Å². The molecule has 2 aliphatic rings. The molecule has 5 rings (SSSR count). The highest BCUT2D eigenvalue weighted by Gasteiger charge is 2.37. The molecule has 3 heterocycles. The van der Waals surface area contributed by atoms with Crippen LogP contribution in [0.5, 0.6) is 0 Å². The summed E-state index contributed by atoms with van der Waals surface area (Å²) in [7, 11) is 0. The fourth-order valence-electron chi connectivity index (χ4n) is 6.96. The average Bonchev–Trinajstić information content (AvgIpc) is 3.55. The van der Waals surface area contributed by atoms with Crippen LogP contribution in [0, 0.1) is 17.8 Å². The summed E-state index contributed by atoms with van der Waals surface area (Å²) in [5.74, 6) is 2.14. The van der Waals surface area contributed by atoms with Crippen molar-refractivity contribution in [2.45, 2.75) is 97.1 Å². The number of aromatic nitrogens is 6. The lowest BCUT2D eigenvalue weighted by Crippen LogP contribution is -2.39. The van der Waals surface area contributed by atoms with Crippen molar-refractivity contribution in [3.63, 3.8) is 0 Å². The number of imidazole rings is 1. The van der Waals surface area contributed by atoms with E-state index in [1.54, 1.807) is 0 Å². The van der Waals surface area contributed by atoms with E-state index in [0.717, 1.165) is 42.5 Å². The second-order valence-corrected chi connectivity index (χ2v) is 12.0. The van der Waals surface area contributed by atoms with Gasteiger partial charge >= 0.3 is 5.69 Å². The van der Waals surface area contributed by atoms with E-state index < -0.39 is 5.41 Å². The smallest absolute Gasteiger partial charge is 0.328 e. The van der Waals surface area contributed by atoms with E-state index in [9.17, 15) is 4.79 Å². The third-order valence-corrected chi connectivity index (χ3v) is 9.24. The quantitative estimate of drug-likeness (QED) is 0.299. The zero-order valence-corrected chi connectivity index (χ0v) is 24.5. The van der Waals surface area contributed by atoms with Gasteiger partial charge < -0.3 is 5.32 Å². The molecule has 3 atom stereocenters. The van der Waals surface area contributed by atoms with Crippen molar-refractivity contribution in [2.24, 2.45) is 17.8 Å². The summed E-state index contributed by atoms with van der Waals surface area (Å²) in [6.45, 7) is 9.74. The summed E-state index contributed by atoms with van der Waals surface area (Å²) >= 11 is 0. The number of rotatable bonds is 10. The lowest BCUT2D eigenvalue weighted by molar-refractivity contribution is 0.174. The maximum absolute atomic E-state index is 14.5. The Morgan fingerprint density at radius 1 is 1.12 bits per heavy atom. The number of aryl methyl sites for hydroxylation is 1. The Hall–Kier alpha value is -3.42. The van der Waals surface area contributed by atoms with Gasteiger partial charge in [0.1, 0.15) is 0 Å². The molecule has 0 radical (unpaired) electrons. The second kappa shape index (κ2) is 12.4. The zero-order chi connectivity index (χ0) is 28.1. The average molecular weight is 544 g/mol. The monoisotopic (exact) mass is 543 g/mol. The maximum Gasteiger partial charge on any atom is 0.328 e. The van der Waals surface area contributed by atoms with Gasteiger partial charge in [-0.05, 0) is 72.7 Å². The molecule has 1 aromatic carbocycles. The van der Waals surface area contributed by atoms with Gasteiger partial charge in [-0.25, -0.2) is 4.79 Å². The molecule has 0 saturated heterocycles. The molecule has 1 fully saturated rings. The van der Waals surface area contributed by atoms with Gasteiger partial charge in [-0.2, -0.15) is 5.21 Å². The predicted molar refractivity (Wildman–Crippen MR) is 160 cm³/mol. The SMILES string of the molecule is CCCCc1cn(C2C(CC)CCCCC2C(C)C)c(=O)n1CC1(c2cccc(-c3nn[nH]n3)c2)C=CNC=C1. The highest BCUT2D eigenvalue weighted by molar-refractivity contribution is 5.57. The van der Waals surface area contributed by atoms with Crippen LogP contribution < -0.4 is 11.0 Å². The Labute approximate surface area is 238 Å². The molecular formula is C32H45N7O. The first-order valence-electron chi connectivity index (χ1n) is 15.2. The Morgan fingerprint density at radius 3 is 2.62 bits per heavy atom. The number of hydrogen-bond acceptors (Lipinski definition) is 5. The van der Waals surface area contributed by atoms with Crippen molar-refractivity contribution in [1.82, 2.24) is 35.1 Å². The number of tetrazole rings is 1. The van der Waals surface area contributed by atoms with Crippen LogP contribution in [-0.4, -0.2) is 29.8 Å². The number of aromatic amines is 1. The second-order valence-electron chi connectivity index (χ2n) is 12.0. The first-order chi connectivity index (χ1) is 19.5. The first-order valence-corrected chi connectivity index (χ1v) is 15.2. The van der Waals surface area contributed by atoms with Gasteiger partial charge in [0.15, 0.2) is 0 Å². The molecule has 0 spiro atoms. The minimum absolute atomic E-state index is 0.135. The van der Waals surface area contributed by atoms with Crippen LogP contribution in [0.4, 0.5) is 0 Å². The number of nitrogens with zero attached hydrogens (tertiary/aromatic N) is 5. The number of benzene rings is 1. The highest BCUT2D eigenvalue weighted by Crippen LogP contribution is 2.42. The molecule has 8 heteroatoms. The van der Waals surface area contributed by atoms with E-state index >= 15 is 0 Å². The molecule has 3 aromatic rings. The largest absolute Gasteiger partial charge is 0.368 e. The van der Waals surface area contributed by atoms with Crippen molar-refractivity contribution in [1.29, 1.82) is 0 Å². The van der Waals surface area contributed by atoms with Gasteiger partial charge in [0, 0.05) is 30.0 Å². The molecular weight excluding hydrogens is 498 g/mol. The van der Waals surface area contributed by atoms with E-state index in [1.807, 2.05) is 24.5 Å². The topological polar surface area (TPSA) is 93.4 Å². The minimum Gasteiger partial charge on any atom is -0.368 e. The fraction of sp³-hybridized carbons (Fsp3) is 0.562.